The lowest BCUT2D eigenvalue weighted by molar-refractivity contribution is 0.102. The van der Waals surface area contributed by atoms with E-state index in [4.69, 9.17) is 23.2 Å². The van der Waals surface area contributed by atoms with E-state index in [0.29, 0.717) is 10.7 Å². The number of anilines is 2. The van der Waals surface area contributed by atoms with Gasteiger partial charge in [-0.1, -0.05) is 65.7 Å². The molecule has 4 rings (SSSR count). The van der Waals surface area contributed by atoms with E-state index in [9.17, 15) is 17.6 Å². The molecule has 0 aromatic heterocycles. The molecule has 4 aromatic carbocycles. The van der Waals surface area contributed by atoms with Gasteiger partial charge in [0.15, 0.2) is 0 Å². The predicted octanol–water partition coefficient (Wildman–Crippen LogP) is 6.78. The van der Waals surface area contributed by atoms with Gasteiger partial charge in [0.1, 0.15) is 10.7 Å². The first-order chi connectivity index (χ1) is 16.8. The van der Waals surface area contributed by atoms with Gasteiger partial charge in [-0.05, 0) is 60.2 Å². The number of sulfonamides is 1. The van der Waals surface area contributed by atoms with E-state index >= 15 is 0 Å². The van der Waals surface area contributed by atoms with Gasteiger partial charge in [-0.25, -0.2) is 12.8 Å². The number of hydrogen-bond donors (Lipinski definition) is 1. The first kappa shape index (κ1) is 24.7. The van der Waals surface area contributed by atoms with Crippen LogP contribution < -0.4 is 9.62 Å². The molecule has 0 saturated heterocycles. The first-order valence-electron chi connectivity index (χ1n) is 10.4. The summed E-state index contributed by atoms with van der Waals surface area (Å²) in [6.07, 6.45) is 0. The second-order valence-electron chi connectivity index (χ2n) is 7.55. The minimum absolute atomic E-state index is 0.00648. The van der Waals surface area contributed by atoms with E-state index in [1.807, 2.05) is 18.2 Å². The van der Waals surface area contributed by atoms with Gasteiger partial charge in [-0.2, -0.15) is 0 Å². The second kappa shape index (κ2) is 10.5. The molecular weight excluding hydrogens is 510 g/mol. The fourth-order valence-corrected chi connectivity index (χ4v) is 5.47. The molecule has 0 aliphatic heterocycles. The number of rotatable bonds is 7. The Labute approximate surface area is 212 Å². The summed E-state index contributed by atoms with van der Waals surface area (Å²) in [6.45, 7) is 0.0206. The van der Waals surface area contributed by atoms with Crippen molar-refractivity contribution in [1.82, 2.24) is 0 Å². The van der Waals surface area contributed by atoms with Crippen molar-refractivity contribution in [3.8, 4) is 0 Å². The van der Waals surface area contributed by atoms with E-state index < -0.39 is 21.7 Å². The summed E-state index contributed by atoms with van der Waals surface area (Å²) >= 11 is 12.3. The third-order valence-electron chi connectivity index (χ3n) is 5.17. The first-order valence-corrected chi connectivity index (χ1v) is 12.6. The van der Waals surface area contributed by atoms with E-state index in [0.717, 1.165) is 5.56 Å². The largest absolute Gasteiger partial charge is 0.319 e. The predicted molar refractivity (Wildman–Crippen MR) is 137 cm³/mol. The maximum Gasteiger partial charge on any atom is 0.266 e. The van der Waals surface area contributed by atoms with Crippen LogP contribution in [0.2, 0.25) is 10.0 Å². The van der Waals surface area contributed by atoms with Gasteiger partial charge in [-0.3, -0.25) is 9.10 Å². The molecule has 4 aromatic rings. The number of carbonyl (C=O) groups excluding carboxylic acids is 1. The standard InChI is InChI=1S/C26H19Cl2FN2O3S/c27-20-11-13-21(14-12-20)31(17-18-6-2-1-3-7-18)35(33,34)25-16-19(10-15-22(25)28)26(32)30-24-9-5-4-8-23(24)29/h1-16H,17H2,(H,30,32). The van der Waals surface area contributed by atoms with E-state index in [1.54, 1.807) is 42.5 Å². The molecule has 0 aliphatic rings. The molecule has 0 bridgehead atoms. The minimum atomic E-state index is -4.23. The van der Waals surface area contributed by atoms with Crippen molar-refractivity contribution in [2.75, 3.05) is 9.62 Å². The van der Waals surface area contributed by atoms with Gasteiger partial charge >= 0.3 is 0 Å². The number of hydrogen-bond acceptors (Lipinski definition) is 3. The second-order valence-corrected chi connectivity index (χ2v) is 10.2. The molecular formula is C26H19Cl2FN2O3S. The molecule has 0 saturated carbocycles. The van der Waals surface area contributed by atoms with Gasteiger partial charge in [0, 0.05) is 10.6 Å². The number of para-hydroxylation sites is 1. The van der Waals surface area contributed by atoms with Crippen molar-refractivity contribution in [3.05, 3.63) is 124 Å². The number of benzene rings is 4. The van der Waals surface area contributed by atoms with Crippen LogP contribution in [0.5, 0.6) is 0 Å². The van der Waals surface area contributed by atoms with Crippen LogP contribution in [0.25, 0.3) is 0 Å². The van der Waals surface area contributed by atoms with Crippen molar-refractivity contribution < 1.29 is 17.6 Å². The summed E-state index contributed by atoms with van der Waals surface area (Å²) in [5.41, 5.74) is 1.10. The molecule has 1 N–H and O–H groups in total. The Balaban J connectivity index is 1.74. The zero-order chi connectivity index (χ0) is 25.0. The number of carbonyl (C=O) groups is 1. The molecule has 178 valence electrons. The topological polar surface area (TPSA) is 66.5 Å². The lowest BCUT2D eigenvalue weighted by Crippen LogP contribution is -2.31. The van der Waals surface area contributed by atoms with E-state index in [2.05, 4.69) is 5.32 Å². The van der Waals surface area contributed by atoms with Crippen molar-refractivity contribution in [2.45, 2.75) is 11.4 Å². The molecule has 35 heavy (non-hydrogen) atoms. The summed E-state index contributed by atoms with van der Waals surface area (Å²) in [4.78, 5) is 12.5. The zero-order valence-corrected chi connectivity index (χ0v) is 20.5. The highest BCUT2D eigenvalue weighted by molar-refractivity contribution is 7.93. The number of amides is 1. The average molecular weight is 529 g/mol. The Bertz CT molecular complexity index is 1460. The van der Waals surface area contributed by atoms with Crippen molar-refractivity contribution >= 4 is 50.5 Å². The molecule has 0 heterocycles. The normalized spacial score (nSPS) is 11.2. The summed E-state index contributed by atoms with van der Waals surface area (Å²) in [5.74, 6) is -1.29. The number of halogens is 3. The Kier molecular flexibility index (Phi) is 7.40. The van der Waals surface area contributed by atoms with Crippen LogP contribution in [-0.2, 0) is 16.6 Å². The SMILES string of the molecule is O=C(Nc1ccccc1F)c1ccc(Cl)c(S(=O)(=O)N(Cc2ccccc2)c2ccc(Cl)cc2)c1. The van der Waals surface area contributed by atoms with Crippen LogP contribution in [0, 0.1) is 5.82 Å². The molecule has 0 radical (unpaired) electrons. The highest BCUT2D eigenvalue weighted by atomic mass is 35.5. The van der Waals surface area contributed by atoms with Crippen LogP contribution in [0.15, 0.2) is 102 Å². The summed E-state index contributed by atoms with van der Waals surface area (Å²) < 4.78 is 42.9. The lowest BCUT2D eigenvalue weighted by Gasteiger charge is -2.25. The molecule has 0 spiro atoms. The maximum atomic E-state index is 14.0. The third-order valence-corrected chi connectivity index (χ3v) is 7.67. The molecule has 9 heteroatoms. The minimum Gasteiger partial charge on any atom is -0.319 e. The Hall–Kier alpha value is -3.39. The summed E-state index contributed by atoms with van der Waals surface area (Å²) in [7, 11) is -4.23. The molecule has 1 amide bonds. The van der Waals surface area contributed by atoms with Crippen LogP contribution >= 0.6 is 23.2 Å². The van der Waals surface area contributed by atoms with Crippen LogP contribution in [0.1, 0.15) is 15.9 Å². The smallest absolute Gasteiger partial charge is 0.266 e. The average Bonchev–Trinajstić information content (AvgIpc) is 2.85. The van der Waals surface area contributed by atoms with Gasteiger partial charge in [0.05, 0.1) is 22.9 Å². The van der Waals surface area contributed by atoms with E-state index in [-0.39, 0.29) is 27.7 Å². The molecule has 0 fully saturated rings. The van der Waals surface area contributed by atoms with Gasteiger partial charge in [0.2, 0.25) is 0 Å². The van der Waals surface area contributed by atoms with Crippen molar-refractivity contribution in [2.24, 2.45) is 0 Å². The van der Waals surface area contributed by atoms with Gasteiger partial charge < -0.3 is 5.32 Å². The monoisotopic (exact) mass is 528 g/mol. The molecule has 0 unspecified atom stereocenters. The van der Waals surface area contributed by atoms with Crippen LogP contribution in [-0.4, -0.2) is 14.3 Å². The van der Waals surface area contributed by atoms with Crippen LogP contribution in [0.4, 0.5) is 15.8 Å². The molecule has 0 aliphatic carbocycles. The summed E-state index contributed by atoms with van der Waals surface area (Å²) in [5, 5.41) is 2.85. The van der Waals surface area contributed by atoms with Crippen molar-refractivity contribution in [3.63, 3.8) is 0 Å². The summed E-state index contributed by atoms with van der Waals surface area (Å²) in [6, 6.07) is 25.0. The van der Waals surface area contributed by atoms with E-state index in [1.165, 1.54) is 40.7 Å². The Morgan fingerprint density at radius 3 is 2.20 bits per heavy atom. The quantitative estimate of drug-likeness (QED) is 0.287. The maximum absolute atomic E-state index is 14.0. The van der Waals surface area contributed by atoms with Gasteiger partial charge in [0.25, 0.3) is 15.9 Å². The zero-order valence-electron chi connectivity index (χ0n) is 18.2. The third kappa shape index (κ3) is 5.65. The highest BCUT2D eigenvalue weighted by Gasteiger charge is 2.29. The number of nitrogens with zero attached hydrogens (tertiary/aromatic N) is 1. The Morgan fingerprint density at radius 2 is 1.51 bits per heavy atom. The highest BCUT2D eigenvalue weighted by Crippen LogP contribution is 2.32. The molecule has 5 nitrogen and oxygen atoms in total. The fraction of sp³-hybridized carbons (Fsp3) is 0.0385. The van der Waals surface area contributed by atoms with Crippen LogP contribution in [0.3, 0.4) is 0 Å². The Morgan fingerprint density at radius 1 is 0.857 bits per heavy atom. The van der Waals surface area contributed by atoms with Gasteiger partial charge in [-0.15, -0.1) is 0 Å². The number of nitrogens with one attached hydrogen (secondary N) is 1. The fourth-order valence-electron chi connectivity index (χ4n) is 3.39. The molecule has 0 atom stereocenters. The lowest BCUT2D eigenvalue weighted by atomic mass is 10.2. The van der Waals surface area contributed by atoms with Crippen molar-refractivity contribution in [1.29, 1.82) is 0 Å².